The highest BCUT2D eigenvalue weighted by molar-refractivity contribution is 7.89. The van der Waals surface area contributed by atoms with Crippen molar-refractivity contribution in [1.29, 1.82) is 0 Å². The van der Waals surface area contributed by atoms with E-state index in [-0.39, 0.29) is 11.4 Å². The van der Waals surface area contributed by atoms with Gasteiger partial charge in [0.25, 0.3) is 5.56 Å². The molecule has 1 saturated heterocycles. The smallest absolute Gasteiger partial charge is 0.271 e. The number of aromatic nitrogens is 1. The maximum absolute atomic E-state index is 12.7. The number of hydrogen-bond donors (Lipinski definition) is 1. The Hall–Kier alpha value is -2.45. The first kappa shape index (κ1) is 19.3. The summed E-state index contributed by atoms with van der Waals surface area (Å²) < 4.78 is 27.8. The van der Waals surface area contributed by atoms with Gasteiger partial charge in [0.05, 0.1) is 0 Å². The van der Waals surface area contributed by atoms with Crippen LogP contribution in [0.15, 0.2) is 46.2 Å². The molecule has 1 fully saturated rings. The first-order valence-corrected chi connectivity index (χ1v) is 10.3. The van der Waals surface area contributed by atoms with E-state index < -0.39 is 21.5 Å². The van der Waals surface area contributed by atoms with E-state index in [1.165, 1.54) is 22.6 Å². The van der Waals surface area contributed by atoms with Crippen LogP contribution >= 0.6 is 0 Å². The maximum Gasteiger partial charge on any atom is 0.271 e. The molecule has 1 amide bonds. The molecule has 0 radical (unpaired) electrons. The minimum atomic E-state index is -3.83. The molecule has 0 bridgehead atoms. The summed E-state index contributed by atoms with van der Waals surface area (Å²) in [5.74, 6) is -0.393. The van der Waals surface area contributed by atoms with Crippen LogP contribution in [0.4, 0.5) is 5.69 Å². The van der Waals surface area contributed by atoms with Crippen LogP contribution in [0.2, 0.25) is 0 Å². The molecule has 0 atom stereocenters. The van der Waals surface area contributed by atoms with Gasteiger partial charge >= 0.3 is 0 Å². The summed E-state index contributed by atoms with van der Waals surface area (Å²) in [6.07, 6.45) is 3.00. The van der Waals surface area contributed by atoms with Crippen LogP contribution in [-0.4, -0.2) is 36.3 Å². The summed E-state index contributed by atoms with van der Waals surface area (Å²) in [6.45, 7) is 4.51. The highest BCUT2D eigenvalue weighted by atomic mass is 32.2. The minimum Gasteiger partial charge on any atom is -0.325 e. The van der Waals surface area contributed by atoms with Crippen LogP contribution in [-0.2, 0) is 21.4 Å². The Morgan fingerprint density at radius 1 is 1.11 bits per heavy atom. The lowest BCUT2D eigenvalue weighted by atomic mass is 10.1. The molecule has 1 N–H and O–H groups in total. The van der Waals surface area contributed by atoms with Crippen molar-refractivity contribution in [2.24, 2.45) is 0 Å². The second-order valence-corrected chi connectivity index (χ2v) is 8.67. The fourth-order valence-corrected chi connectivity index (χ4v) is 4.68. The van der Waals surface area contributed by atoms with Crippen LogP contribution < -0.4 is 10.9 Å². The van der Waals surface area contributed by atoms with Crippen LogP contribution in [0.25, 0.3) is 0 Å². The van der Waals surface area contributed by atoms with Crippen LogP contribution in [0, 0.1) is 13.8 Å². The number of benzene rings is 1. The lowest BCUT2D eigenvalue weighted by molar-refractivity contribution is -0.116. The van der Waals surface area contributed by atoms with Crippen molar-refractivity contribution < 1.29 is 13.2 Å². The highest BCUT2D eigenvalue weighted by Crippen LogP contribution is 2.18. The van der Waals surface area contributed by atoms with E-state index in [9.17, 15) is 18.0 Å². The van der Waals surface area contributed by atoms with Gasteiger partial charge in [-0.05, 0) is 62.1 Å². The number of anilines is 1. The van der Waals surface area contributed by atoms with E-state index in [0.29, 0.717) is 18.8 Å². The van der Waals surface area contributed by atoms with Crippen LogP contribution in [0.1, 0.15) is 24.0 Å². The Morgan fingerprint density at radius 3 is 2.48 bits per heavy atom. The van der Waals surface area contributed by atoms with Gasteiger partial charge in [-0.1, -0.05) is 6.07 Å². The van der Waals surface area contributed by atoms with E-state index in [2.05, 4.69) is 5.32 Å². The van der Waals surface area contributed by atoms with Gasteiger partial charge in [-0.15, -0.1) is 0 Å². The number of rotatable bonds is 5. The Bertz CT molecular complexity index is 1020. The largest absolute Gasteiger partial charge is 0.325 e. The van der Waals surface area contributed by atoms with Gasteiger partial charge < -0.3 is 9.88 Å². The Labute approximate surface area is 158 Å². The second kappa shape index (κ2) is 7.66. The van der Waals surface area contributed by atoms with Gasteiger partial charge in [0, 0.05) is 25.0 Å². The molecular weight excluding hydrogens is 366 g/mol. The summed E-state index contributed by atoms with van der Waals surface area (Å²) >= 11 is 0. The van der Waals surface area contributed by atoms with Crippen molar-refractivity contribution in [2.45, 2.75) is 38.1 Å². The molecule has 1 aromatic carbocycles. The van der Waals surface area contributed by atoms with E-state index in [4.69, 9.17) is 0 Å². The van der Waals surface area contributed by atoms with Gasteiger partial charge in [0.1, 0.15) is 11.4 Å². The number of carbonyl (C=O) groups excluding carboxylic acids is 1. The molecule has 1 aromatic heterocycles. The van der Waals surface area contributed by atoms with Gasteiger partial charge in [-0.3, -0.25) is 9.59 Å². The summed E-state index contributed by atoms with van der Waals surface area (Å²) in [7, 11) is -3.83. The molecular formula is C19H23N3O4S. The number of sulfonamides is 1. The third-order valence-electron chi connectivity index (χ3n) is 4.77. The molecule has 0 unspecified atom stereocenters. The van der Waals surface area contributed by atoms with Crippen LogP contribution in [0.5, 0.6) is 0 Å². The third-order valence-corrected chi connectivity index (χ3v) is 6.68. The quantitative estimate of drug-likeness (QED) is 0.846. The molecule has 0 saturated carbocycles. The lowest BCUT2D eigenvalue weighted by Crippen LogP contribution is -2.36. The zero-order valence-corrected chi connectivity index (χ0v) is 16.3. The summed E-state index contributed by atoms with van der Waals surface area (Å²) in [4.78, 5) is 24.7. The predicted octanol–water partition coefficient (Wildman–Crippen LogP) is 1.89. The first-order valence-electron chi connectivity index (χ1n) is 8.86. The van der Waals surface area contributed by atoms with Crippen molar-refractivity contribution in [1.82, 2.24) is 8.87 Å². The number of amides is 1. The van der Waals surface area contributed by atoms with Crippen molar-refractivity contribution in [3.8, 4) is 0 Å². The average Bonchev–Trinajstić information content (AvgIpc) is 3.15. The van der Waals surface area contributed by atoms with E-state index in [1.807, 2.05) is 26.0 Å². The molecule has 0 spiro atoms. The Balaban J connectivity index is 1.80. The fraction of sp³-hybridized carbons (Fsp3) is 0.368. The van der Waals surface area contributed by atoms with Gasteiger partial charge in [-0.2, -0.15) is 4.31 Å². The molecule has 1 aliphatic heterocycles. The van der Waals surface area contributed by atoms with Crippen molar-refractivity contribution in [3.05, 3.63) is 58.0 Å². The molecule has 7 nitrogen and oxygen atoms in total. The predicted molar refractivity (Wildman–Crippen MR) is 103 cm³/mol. The number of carbonyl (C=O) groups is 1. The zero-order valence-electron chi connectivity index (χ0n) is 15.4. The molecule has 8 heteroatoms. The lowest BCUT2D eigenvalue weighted by Gasteiger charge is -2.16. The molecule has 3 rings (SSSR count). The number of nitrogens with one attached hydrogen (secondary N) is 1. The minimum absolute atomic E-state index is 0.255. The maximum atomic E-state index is 12.7. The first-order chi connectivity index (χ1) is 12.8. The fourth-order valence-electron chi connectivity index (χ4n) is 3.08. The van der Waals surface area contributed by atoms with Gasteiger partial charge in [0.15, 0.2) is 0 Å². The number of nitrogens with zero attached hydrogens (tertiary/aromatic N) is 2. The summed E-state index contributed by atoms with van der Waals surface area (Å²) in [5.41, 5.74) is 2.12. The van der Waals surface area contributed by atoms with Gasteiger partial charge in [0.2, 0.25) is 15.9 Å². The van der Waals surface area contributed by atoms with E-state index >= 15 is 0 Å². The average molecular weight is 389 g/mol. The zero-order chi connectivity index (χ0) is 19.6. The number of aryl methyl sites for hydroxylation is 2. The highest BCUT2D eigenvalue weighted by Gasteiger charge is 2.30. The molecule has 1 aliphatic rings. The number of pyridine rings is 1. The molecule has 0 aliphatic carbocycles. The van der Waals surface area contributed by atoms with Crippen molar-refractivity contribution in [3.63, 3.8) is 0 Å². The molecule has 144 valence electrons. The van der Waals surface area contributed by atoms with Crippen molar-refractivity contribution >= 4 is 21.6 Å². The Kier molecular flexibility index (Phi) is 5.48. The van der Waals surface area contributed by atoms with Crippen LogP contribution in [0.3, 0.4) is 0 Å². The SMILES string of the molecule is Cc1ccc(NC(=O)Cn2cccc(S(=O)(=O)N3CCCC3)c2=O)cc1C. The van der Waals surface area contributed by atoms with Crippen molar-refractivity contribution in [2.75, 3.05) is 18.4 Å². The van der Waals surface area contributed by atoms with E-state index in [1.54, 1.807) is 6.07 Å². The second-order valence-electron chi connectivity index (χ2n) is 6.76. The standard InChI is InChI=1S/C19H23N3O4S/c1-14-7-8-16(12-15(14)2)20-18(23)13-21-9-5-6-17(19(21)24)27(25,26)22-10-3-4-11-22/h5-9,12H,3-4,10-11,13H2,1-2H3,(H,20,23). The number of hydrogen-bond acceptors (Lipinski definition) is 4. The third kappa shape index (κ3) is 4.12. The molecule has 27 heavy (non-hydrogen) atoms. The topological polar surface area (TPSA) is 88.5 Å². The summed E-state index contributed by atoms with van der Waals surface area (Å²) in [6, 6.07) is 8.32. The monoisotopic (exact) mass is 389 g/mol. The van der Waals surface area contributed by atoms with Gasteiger partial charge in [-0.25, -0.2) is 8.42 Å². The van der Waals surface area contributed by atoms with E-state index in [0.717, 1.165) is 28.5 Å². The molecule has 2 aromatic rings. The normalized spacial score (nSPS) is 15.0. The Morgan fingerprint density at radius 2 is 1.81 bits per heavy atom. The summed E-state index contributed by atoms with van der Waals surface area (Å²) in [5, 5.41) is 2.74. The molecule has 2 heterocycles.